The fourth-order valence-corrected chi connectivity index (χ4v) is 4.10. The lowest BCUT2D eigenvalue weighted by molar-refractivity contribution is 0.711. The molecule has 5 rings (SSSR count). The highest BCUT2D eigenvalue weighted by Crippen LogP contribution is 2.34. The van der Waals surface area contributed by atoms with Gasteiger partial charge < -0.3 is 10.2 Å². The summed E-state index contributed by atoms with van der Waals surface area (Å²) in [5.74, 6) is 0. The number of hydrogen-bond acceptors (Lipinski definition) is 5. The minimum Gasteiger partial charge on any atom is -0.340 e. The van der Waals surface area contributed by atoms with Gasteiger partial charge in [0.15, 0.2) is 0 Å². The summed E-state index contributed by atoms with van der Waals surface area (Å²) in [5, 5.41) is 7.80. The number of anilines is 2. The molecule has 146 valence electrons. The topological polar surface area (TPSA) is 58.9 Å². The van der Waals surface area contributed by atoms with Crippen molar-refractivity contribution in [2.24, 2.45) is 7.05 Å². The van der Waals surface area contributed by atoms with Crippen molar-refractivity contribution in [3.63, 3.8) is 0 Å². The van der Waals surface area contributed by atoms with E-state index in [0.717, 1.165) is 47.6 Å². The average Bonchev–Trinajstić information content (AvgIpc) is 3.03. The van der Waals surface area contributed by atoms with Crippen LogP contribution in [-0.4, -0.2) is 32.8 Å². The molecule has 1 aliphatic heterocycles. The maximum Gasteiger partial charge on any atom is 0.0924 e. The van der Waals surface area contributed by atoms with Crippen molar-refractivity contribution in [2.75, 3.05) is 18.0 Å². The Morgan fingerprint density at radius 3 is 2.76 bits per heavy atom. The number of aryl methyl sites for hydroxylation is 3. The number of rotatable bonds is 2. The Hall–Kier alpha value is -3.25. The molecular weight excluding hydrogens is 360 g/mol. The second kappa shape index (κ2) is 6.97. The van der Waals surface area contributed by atoms with Crippen molar-refractivity contribution in [2.45, 2.75) is 20.4 Å². The first-order chi connectivity index (χ1) is 14.1. The van der Waals surface area contributed by atoms with Crippen LogP contribution in [0.15, 0.2) is 48.9 Å². The molecule has 0 aliphatic carbocycles. The van der Waals surface area contributed by atoms with Crippen molar-refractivity contribution < 1.29 is 0 Å². The Kier molecular flexibility index (Phi) is 4.28. The Morgan fingerprint density at radius 2 is 1.93 bits per heavy atom. The van der Waals surface area contributed by atoms with Gasteiger partial charge in [-0.2, -0.15) is 5.10 Å². The highest BCUT2D eigenvalue weighted by molar-refractivity contribution is 5.83. The SMILES string of the molecule is Cc1cc(C)c2c(c1)N(c1ccc3ncc(-c4cnn(C)c4)nc3c1)CCNC2. The van der Waals surface area contributed by atoms with Gasteiger partial charge in [0.05, 0.1) is 29.1 Å². The molecule has 4 aromatic rings. The van der Waals surface area contributed by atoms with Crippen LogP contribution in [0.25, 0.3) is 22.3 Å². The fourth-order valence-electron chi connectivity index (χ4n) is 4.10. The standard InChI is InChI=1S/C23H24N6/c1-15-8-16(2)19-12-24-6-7-29(23(19)9-15)18-4-5-20-21(10-18)27-22(13-25-20)17-11-26-28(3)14-17/h4-5,8-11,13-14,24H,6-7,12H2,1-3H3. The lowest BCUT2D eigenvalue weighted by Crippen LogP contribution is -2.24. The number of fused-ring (bicyclic) bond motifs is 2. The summed E-state index contributed by atoms with van der Waals surface area (Å²) in [7, 11) is 1.91. The smallest absolute Gasteiger partial charge is 0.0924 e. The molecule has 1 N–H and O–H groups in total. The van der Waals surface area contributed by atoms with Gasteiger partial charge >= 0.3 is 0 Å². The van der Waals surface area contributed by atoms with Gasteiger partial charge in [-0.1, -0.05) is 6.07 Å². The van der Waals surface area contributed by atoms with Crippen molar-refractivity contribution >= 4 is 22.4 Å². The minimum absolute atomic E-state index is 0.840. The first-order valence-corrected chi connectivity index (χ1v) is 9.93. The normalized spacial score (nSPS) is 14.1. The van der Waals surface area contributed by atoms with Gasteiger partial charge in [0.25, 0.3) is 0 Å². The number of benzene rings is 2. The Morgan fingerprint density at radius 1 is 1.03 bits per heavy atom. The van der Waals surface area contributed by atoms with Crippen molar-refractivity contribution in [3.8, 4) is 11.3 Å². The third kappa shape index (κ3) is 3.25. The van der Waals surface area contributed by atoms with E-state index in [2.05, 4.69) is 64.5 Å². The van der Waals surface area contributed by atoms with Gasteiger partial charge in [-0.15, -0.1) is 0 Å². The first kappa shape index (κ1) is 17.8. The van der Waals surface area contributed by atoms with Gasteiger partial charge in [-0.25, -0.2) is 4.98 Å². The molecule has 1 aliphatic rings. The lowest BCUT2D eigenvalue weighted by Gasteiger charge is -2.26. The second-order valence-corrected chi connectivity index (χ2v) is 7.74. The lowest BCUT2D eigenvalue weighted by atomic mass is 10.0. The molecule has 2 aromatic heterocycles. The van der Waals surface area contributed by atoms with Gasteiger partial charge in [0, 0.05) is 49.8 Å². The predicted molar refractivity (Wildman–Crippen MR) is 116 cm³/mol. The summed E-state index contributed by atoms with van der Waals surface area (Å²) >= 11 is 0. The molecule has 6 heteroatoms. The fraction of sp³-hybridized carbons (Fsp3) is 0.261. The maximum absolute atomic E-state index is 4.87. The number of aromatic nitrogens is 4. The predicted octanol–water partition coefficient (Wildman–Crippen LogP) is 3.89. The summed E-state index contributed by atoms with van der Waals surface area (Å²) in [6.45, 7) is 7.11. The third-order valence-electron chi connectivity index (χ3n) is 5.54. The van der Waals surface area contributed by atoms with E-state index in [-0.39, 0.29) is 0 Å². The van der Waals surface area contributed by atoms with E-state index in [4.69, 9.17) is 4.98 Å². The largest absolute Gasteiger partial charge is 0.340 e. The summed E-state index contributed by atoms with van der Waals surface area (Å²) in [6.07, 6.45) is 5.60. The van der Waals surface area contributed by atoms with Crippen molar-refractivity contribution in [1.82, 2.24) is 25.1 Å². The van der Waals surface area contributed by atoms with Gasteiger partial charge in [0.2, 0.25) is 0 Å². The number of nitrogens with zero attached hydrogens (tertiary/aromatic N) is 5. The highest BCUT2D eigenvalue weighted by atomic mass is 15.2. The molecule has 0 radical (unpaired) electrons. The molecule has 0 spiro atoms. The van der Waals surface area contributed by atoms with Crippen LogP contribution in [0.3, 0.4) is 0 Å². The van der Waals surface area contributed by atoms with Crippen LogP contribution in [0.2, 0.25) is 0 Å². The third-order valence-corrected chi connectivity index (χ3v) is 5.54. The van der Waals surface area contributed by atoms with Gasteiger partial charge in [0.1, 0.15) is 0 Å². The van der Waals surface area contributed by atoms with Crippen LogP contribution < -0.4 is 10.2 Å². The van der Waals surface area contributed by atoms with Gasteiger partial charge in [-0.05, 0) is 54.8 Å². The zero-order valence-corrected chi connectivity index (χ0v) is 17.0. The van der Waals surface area contributed by atoms with E-state index >= 15 is 0 Å². The number of nitrogens with one attached hydrogen (secondary N) is 1. The number of hydrogen-bond donors (Lipinski definition) is 1. The van der Waals surface area contributed by atoms with Crippen molar-refractivity contribution in [3.05, 3.63) is 65.6 Å². The molecule has 3 heterocycles. The van der Waals surface area contributed by atoms with Crippen LogP contribution in [-0.2, 0) is 13.6 Å². The molecule has 0 unspecified atom stereocenters. The average molecular weight is 384 g/mol. The summed E-state index contributed by atoms with van der Waals surface area (Å²) < 4.78 is 1.78. The van der Waals surface area contributed by atoms with E-state index in [1.54, 1.807) is 4.68 Å². The molecule has 2 aromatic carbocycles. The Labute approximate surface area is 170 Å². The summed E-state index contributed by atoms with van der Waals surface area (Å²) in [5.41, 5.74) is 10.0. The molecule has 0 amide bonds. The van der Waals surface area contributed by atoms with E-state index < -0.39 is 0 Å². The van der Waals surface area contributed by atoms with Crippen LogP contribution in [0.5, 0.6) is 0 Å². The van der Waals surface area contributed by atoms with Crippen LogP contribution in [0, 0.1) is 13.8 Å². The molecule has 6 nitrogen and oxygen atoms in total. The highest BCUT2D eigenvalue weighted by Gasteiger charge is 2.19. The van der Waals surface area contributed by atoms with Crippen LogP contribution >= 0.6 is 0 Å². The molecule has 0 atom stereocenters. The second-order valence-electron chi connectivity index (χ2n) is 7.74. The molecule has 0 saturated carbocycles. The maximum atomic E-state index is 4.87. The zero-order chi connectivity index (χ0) is 20.0. The Balaban J connectivity index is 1.62. The van der Waals surface area contributed by atoms with Crippen LogP contribution in [0.4, 0.5) is 11.4 Å². The molecular formula is C23H24N6. The van der Waals surface area contributed by atoms with Crippen molar-refractivity contribution in [1.29, 1.82) is 0 Å². The van der Waals surface area contributed by atoms with E-state index in [9.17, 15) is 0 Å². The van der Waals surface area contributed by atoms with E-state index in [0.29, 0.717) is 0 Å². The quantitative estimate of drug-likeness (QED) is 0.568. The monoisotopic (exact) mass is 384 g/mol. The molecule has 29 heavy (non-hydrogen) atoms. The zero-order valence-electron chi connectivity index (χ0n) is 17.0. The summed E-state index contributed by atoms with van der Waals surface area (Å²) in [6, 6.07) is 10.9. The van der Waals surface area contributed by atoms with Crippen LogP contribution in [0.1, 0.15) is 16.7 Å². The van der Waals surface area contributed by atoms with E-state index in [1.807, 2.05) is 25.6 Å². The first-order valence-electron chi connectivity index (χ1n) is 9.93. The molecule has 0 fully saturated rings. The summed E-state index contributed by atoms with van der Waals surface area (Å²) in [4.78, 5) is 11.9. The molecule has 0 saturated heterocycles. The minimum atomic E-state index is 0.840. The van der Waals surface area contributed by atoms with Gasteiger partial charge in [-0.3, -0.25) is 9.67 Å². The molecule has 0 bridgehead atoms. The Bertz CT molecular complexity index is 1210. The van der Waals surface area contributed by atoms with E-state index in [1.165, 1.54) is 22.4 Å².